The molecule has 0 saturated heterocycles. The molecule has 1 rings (SSSR count). The third-order valence-corrected chi connectivity index (χ3v) is 3.27. The number of nitrogens with zero attached hydrogens (tertiary/aromatic N) is 2. The molecule has 0 heterocycles. The van der Waals surface area contributed by atoms with Crippen molar-refractivity contribution < 1.29 is 29.1 Å². The van der Waals surface area contributed by atoms with E-state index in [2.05, 4.69) is 0 Å². The Labute approximate surface area is 132 Å². The van der Waals surface area contributed by atoms with Crippen LogP contribution in [0, 0.1) is 10.1 Å². The third-order valence-electron chi connectivity index (χ3n) is 3.27. The number of likely N-dealkylation sites (N-methyl/N-ethyl adjacent to an activating group) is 1. The summed E-state index contributed by atoms with van der Waals surface area (Å²) in [6.45, 7) is 3.27. The lowest BCUT2D eigenvalue weighted by atomic mass is 10.1. The monoisotopic (exact) mass is 326 g/mol. The summed E-state index contributed by atoms with van der Waals surface area (Å²) in [4.78, 5) is 34.8. The first-order chi connectivity index (χ1) is 10.7. The van der Waals surface area contributed by atoms with Crippen molar-refractivity contribution in [2.45, 2.75) is 19.9 Å². The molecule has 0 fully saturated rings. The van der Waals surface area contributed by atoms with Crippen LogP contribution in [0.2, 0.25) is 0 Å². The quantitative estimate of drug-likeness (QED) is 0.596. The molecular formula is C14H18N2O7. The highest BCUT2D eigenvalue weighted by Gasteiger charge is 2.30. The van der Waals surface area contributed by atoms with Gasteiger partial charge in [0.25, 0.3) is 11.6 Å². The van der Waals surface area contributed by atoms with Gasteiger partial charge in [-0.1, -0.05) is 0 Å². The molecule has 1 atom stereocenters. The summed E-state index contributed by atoms with van der Waals surface area (Å²) in [6.07, 6.45) is 0. The van der Waals surface area contributed by atoms with Gasteiger partial charge < -0.3 is 19.5 Å². The van der Waals surface area contributed by atoms with Crippen molar-refractivity contribution in [3.05, 3.63) is 27.8 Å². The molecular weight excluding hydrogens is 308 g/mol. The number of hydrogen-bond acceptors (Lipinski definition) is 6. The van der Waals surface area contributed by atoms with Crippen molar-refractivity contribution in [3.63, 3.8) is 0 Å². The predicted octanol–water partition coefficient (Wildman–Crippen LogP) is 1.55. The van der Waals surface area contributed by atoms with Crippen LogP contribution in [0.15, 0.2) is 12.1 Å². The van der Waals surface area contributed by atoms with Crippen LogP contribution >= 0.6 is 0 Å². The molecule has 0 bridgehead atoms. The predicted molar refractivity (Wildman–Crippen MR) is 80.0 cm³/mol. The number of carboxylic acid groups (broad SMARTS) is 1. The first-order valence-electron chi connectivity index (χ1n) is 6.73. The maximum absolute atomic E-state index is 12.4. The molecule has 0 aliphatic heterocycles. The Balaban J connectivity index is 3.41. The van der Waals surface area contributed by atoms with Gasteiger partial charge in [0.15, 0.2) is 11.5 Å². The number of methoxy groups -OCH3 is 1. The number of hydrogen-bond donors (Lipinski definition) is 1. The Bertz CT molecular complexity index is 630. The largest absolute Gasteiger partial charge is 0.493 e. The zero-order chi connectivity index (χ0) is 17.7. The maximum atomic E-state index is 12.4. The van der Waals surface area contributed by atoms with Crippen molar-refractivity contribution in [1.29, 1.82) is 0 Å². The number of nitro groups is 1. The average molecular weight is 326 g/mol. The van der Waals surface area contributed by atoms with E-state index in [1.54, 1.807) is 6.92 Å². The highest BCUT2D eigenvalue weighted by atomic mass is 16.6. The van der Waals surface area contributed by atoms with Gasteiger partial charge in [-0.05, 0) is 13.8 Å². The van der Waals surface area contributed by atoms with Crippen molar-refractivity contribution in [3.8, 4) is 11.5 Å². The Kier molecular flexibility index (Phi) is 5.88. The lowest BCUT2D eigenvalue weighted by Gasteiger charge is -2.22. The van der Waals surface area contributed by atoms with Crippen LogP contribution in [-0.2, 0) is 4.79 Å². The standard InChI is InChI=1S/C14H18N2O7/c1-5-23-12-7-10(16(20)21)9(6-11(12)22-4)13(17)15(3)8(2)14(18)19/h6-8H,5H2,1-4H3,(H,18,19). The number of ether oxygens (including phenoxy) is 2. The van der Waals surface area contributed by atoms with Crippen molar-refractivity contribution >= 4 is 17.6 Å². The highest BCUT2D eigenvalue weighted by Crippen LogP contribution is 2.35. The van der Waals surface area contributed by atoms with Gasteiger partial charge in [-0.15, -0.1) is 0 Å². The number of amides is 1. The lowest BCUT2D eigenvalue weighted by molar-refractivity contribution is -0.385. The Morgan fingerprint density at radius 3 is 2.43 bits per heavy atom. The summed E-state index contributed by atoms with van der Waals surface area (Å²) in [5, 5.41) is 20.2. The number of rotatable bonds is 7. The summed E-state index contributed by atoms with van der Waals surface area (Å²) < 4.78 is 10.3. The number of carboxylic acids is 1. The first-order valence-corrected chi connectivity index (χ1v) is 6.73. The summed E-state index contributed by atoms with van der Waals surface area (Å²) in [7, 11) is 2.59. The average Bonchev–Trinajstić information content (AvgIpc) is 2.52. The highest BCUT2D eigenvalue weighted by molar-refractivity contribution is 6.00. The van der Waals surface area contributed by atoms with E-state index in [0.29, 0.717) is 0 Å². The summed E-state index contributed by atoms with van der Waals surface area (Å²) in [5.41, 5.74) is -0.755. The van der Waals surface area contributed by atoms with Gasteiger partial charge in [0, 0.05) is 13.1 Å². The SMILES string of the molecule is CCOc1cc([N+](=O)[O-])c(C(=O)N(C)C(C)C(=O)O)cc1OC. The van der Waals surface area contributed by atoms with Crippen LogP contribution in [0.25, 0.3) is 0 Å². The van der Waals surface area contributed by atoms with Crippen LogP contribution < -0.4 is 9.47 Å². The van der Waals surface area contributed by atoms with E-state index in [1.807, 2.05) is 0 Å². The van der Waals surface area contributed by atoms with Gasteiger partial charge in [-0.2, -0.15) is 0 Å². The Morgan fingerprint density at radius 2 is 2.00 bits per heavy atom. The van der Waals surface area contributed by atoms with Crippen LogP contribution in [0.3, 0.4) is 0 Å². The molecule has 0 aliphatic carbocycles. The van der Waals surface area contributed by atoms with Crippen LogP contribution in [0.1, 0.15) is 24.2 Å². The van der Waals surface area contributed by atoms with Gasteiger partial charge in [0.2, 0.25) is 0 Å². The first kappa shape index (κ1) is 18.2. The smallest absolute Gasteiger partial charge is 0.326 e. The van der Waals surface area contributed by atoms with E-state index in [4.69, 9.17) is 14.6 Å². The minimum absolute atomic E-state index is 0.132. The van der Waals surface area contributed by atoms with Crippen LogP contribution in [0.5, 0.6) is 11.5 Å². The van der Waals surface area contributed by atoms with E-state index in [9.17, 15) is 19.7 Å². The van der Waals surface area contributed by atoms with E-state index in [-0.39, 0.29) is 23.7 Å². The molecule has 9 nitrogen and oxygen atoms in total. The molecule has 126 valence electrons. The number of benzene rings is 1. The Morgan fingerprint density at radius 1 is 1.39 bits per heavy atom. The zero-order valence-electron chi connectivity index (χ0n) is 13.2. The molecule has 0 aromatic heterocycles. The second-order valence-electron chi connectivity index (χ2n) is 4.64. The summed E-state index contributed by atoms with van der Waals surface area (Å²) in [5.74, 6) is -1.74. The fraction of sp³-hybridized carbons (Fsp3) is 0.429. The van der Waals surface area contributed by atoms with E-state index in [0.717, 1.165) is 11.0 Å². The molecule has 1 aromatic carbocycles. The minimum Gasteiger partial charge on any atom is -0.493 e. The minimum atomic E-state index is -1.22. The molecule has 0 aliphatic rings. The molecule has 9 heteroatoms. The third kappa shape index (κ3) is 3.87. The van der Waals surface area contributed by atoms with Crippen LogP contribution in [0.4, 0.5) is 5.69 Å². The van der Waals surface area contributed by atoms with Gasteiger partial charge in [-0.25, -0.2) is 4.79 Å². The van der Waals surface area contributed by atoms with Crippen LogP contribution in [-0.4, -0.2) is 53.6 Å². The van der Waals surface area contributed by atoms with Crippen molar-refractivity contribution in [2.24, 2.45) is 0 Å². The summed E-state index contributed by atoms with van der Waals surface area (Å²) >= 11 is 0. The molecule has 1 unspecified atom stereocenters. The molecule has 0 spiro atoms. The molecule has 1 N–H and O–H groups in total. The second kappa shape index (κ2) is 7.43. The number of carbonyl (C=O) groups excluding carboxylic acids is 1. The van der Waals surface area contributed by atoms with E-state index in [1.165, 1.54) is 27.1 Å². The number of nitro benzene ring substituents is 1. The van der Waals surface area contributed by atoms with Gasteiger partial charge in [0.1, 0.15) is 11.6 Å². The molecule has 1 amide bonds. The number of aliphatic carboxylic acids is 1. The van der Waals surface area contributed by atoms with E-state index < -0.39 is 28.5 Å². The normalized spacial score (nSPS) is 11.5. The fourth-order valence-corrected chi connectivity index (χ4v) is 1.83. The number of carbonyl (C=O) groups is 2. The molecule has 1 aromatic rings. The zero-order valence-corrected chi connectivity index (χ0v) is 13.2. The topological polar surface area (TPSA) is 119 Å². The maximum Gasteiger partial charge on any atom is 0.326 e. The molecule has 23 heavy (non-hydrogen) atoms. The summed E-state index contributed by atoms with van der Waals surface area (Å²) in [6, 6.07) is 1.13. The van der Waals surface area contributed by atoms with Gasteiger partial charge in [0.05, 0.1) is 24.7 Å². The fourth-order valence-electron chi connectivity index (χ4n) is 1.83. The van der Waals surface area contributed by atoms with Crippen molar-refractivity contribution in [2.75, 3.05) is 20.8 Å². The Hall–Kier alpha value is -2.84. The van der Waals surface area contributed by atoms with Crippen molar-refractivity contribution in [1.82, 2.24) is 4.90 Å². The van der Waals surface area contributed by atoms with E-state index >= 15 is 0 Å². The second-order valence-corrected chi connectivity index (χ2v) is 4.64. The molecule has 0 saturated carbocycles. The van der Waals surface area contributed by atoms with Gasteiger partial charge in [-0.3, -0.25) is 14.9 Å². The van der Waals surface area contributed by atoms with Gasteiger partial charge >= 0.3 is 5.97 Å². The molecule has 0 radical (unpaired) electrons. The lowest BCUT2D eigenvalue weighted by Crippen LogP contribution is -2.40.